The normalized spacial score (nSPS) is 16.5. The summed E-state index contributed by atoms with van der Waals surface area (Å²) in [5, 5.41) is 18.8. The molecule has 0 aliphatic carbocycles. The van der Waals surface area contributed by atoms with E-state index in [1.165, 1.54) is 0 Å². The second kappa shape index (κ2) is 9.70. The third kappa shape index (κ3) is 6.30. The van der Waals surface area contributed by atoms with Crippen LogP contribution in [0.25, 0.3) is 11.3 Å². The monoisotopic (exact) mass is 480 g/mol. The van der Waals surface area contributed by atoms with Gasteiger partial charge in [0.05, 0.1) is 22.8 Å². The van der Waals surface area contributed by atoms with Gasteiger partial charge in [-0.1, -0.05) is 23.2 Å². The molecule has 8 nitrogen and oxygen atoms in total. The Labute approximate surface area is 186 Å². The molecule has 0 amide bonds. The minimum absolute atomic E-state index is 0.0662. The van der Waals surface area contributed by atoms with Crippen molar-refractivity contribution in [1.82, 2.24) is 20.1 Å². The summed E-state index contributed by atoms with van der Waals surface area (Å²) in [6.07, 6.45) is -6.00. The lowest BCUT2D eigenvalue weighted by Crippen LogP contribution is -2.49. The number of nitrogens with zero attached hydrogens (tertiary/aromatic N) is 5. The molecular weight excluding hydrogens is 460 g/mol. The number of hydrogen-bond acceptors (Lipinski definition) is 8. The van der Waals surface area contributed by atoms with Gasteiger partial charge in [0.2, 0.25) is 5.95 Å². The van der Waals surface area contributed by atoms with Crippen LogP contribution in [-0.4, -0.2) is 77.0 Å². The minimum atomic E-state index is -4.76. The number of piperazine rings is 1. The van der Waals surface area contributed by atoms with Crippen molar-refractivity contribution in [3.05, 3.63) is 27.7 Å². The van der Waals surface area contributed by atoms with Crippen LogP contribution in [0.3, 0.4) is 0 Å². The van der Waals surface area contributed by atoms with Crippen molar-refractivity contribution in [1.29, 1.82) is 0 Å². The van der Waals surface area contributed by atoms with Gasteiger partial charge in [0.15, 0.2) is 5.82 Å². The predicted octanol–water partition coefficient (Wildman–Crippen LogP) is 2.76. The van der Waals surface area contributed by atoms with Crippen LogP contribution in [0.15, 0.2) is 12.1 Å². The molecule has 1 aromatic carbocycles. The number of aliphatic hydroxyl groups excluding tert-OH is 1. The maximum atomic E-state index is 12.1. The van der Waals surface area contributed by atoms with Crippen LogP contribution in [-0.2, 0) is 4.74 Å². The maximum absolute atomic E-state index is 12.1. The number of ether oxygens (including phenoxy) is 1. The number of hydrogen-bond donors (Lipinski definition) is 2. The number of nitrogen functional groups attached to an aromatic ring is 1. The first kappa shape index (κ1) is 23.7. The number of aryl methyl sites for hydroxylation is 1. The number of anilines is 2. The zero-order chi connectivity index (χ0) is 22.8. The Kier molecular flexibility index (Phi) is 7.43. The summed E-state index contributed by atoms with van der Waals surface area (Å²) in [6, 6.07) is 3.52. The first-order valence-corrected chi connectivity index (χ1v) is 10.1. The van der Waals surface area contributed by atoms with Gasteiger partial charge in [0, 0.05) is 38.3 Å². The highest BCUT2D eigenvalue weighted by atomic mass is 35.5. The molecule has 3 rings (SSSR count). The standard InChI is InChI=1S/C18H21Cl2F3N6O2/c1-10-6-12(14(20)13(19)7-10)15-16(24)25-17(27-26-15)29-4-2-28(3-5-29)8-11(30)9-31-18(21,22)23/h6-7,11,30H,2-5,8-9H2,1H3,(H2,24,25,27). The first-order chi connectivity index (χ1) is 14.5. The molecule has 1 unspecified atom stereocenters. The highest BCUT2D eigenvalue weighted by Crippen LogP contribution is 2.35. The fraction of sp³-hybridized carbons (Fsp3) is 0.500. The van der Waals surface area contributed by atoms with E-state index in [2.05, 4.69) is 19.9 Å². The van der Waals surface area contributed by atoms with Crippen molar-refractivity contribution in [3.8, 4) is 11.3 Å². The summed E-state index contributed by atoms with van der Waals surface area (Å²) in [7, 11) is 0. The van der Waals surface area contributed by atoms with E-state index in [1.807, 2.05) is 16.7 Å². The van der Waals surface area contributed by atoms with Crippen LogP contribution < -0.4 is 10.6 Å². The van der Waals surface area contributed by atoms with Crippen molar-refractivity contribution in [2.24, 2.45) is 0 Å². The van der Waals surface area contributed by atoms with E-state index in [4.69, 9.17) is 28.9 Å². The number of aromatic nitrogens is 3. The number of benzene rings is 1. The molecule has 1 atom stereocenters. The fourth-order valence-corrected chi connectivity index (χ4v) is 3.70. The summed E-state index contributed by atoms with van der Waals surface area (Å²) < 4.78 is 39.9. The summed E-state index contributed by atoms with van der Waals surface area (Å²) in [5.74, 6) is 0.479. The number of nitrogens with two attached hydrogens (primary N) is 1. The fourth-order valence-electron chi connectivity index (χ4n) is 3.22. The molecule has 2 aromatic rings. The second-order valence-electron chi connectivity index (χ2n) is 7.15. The van der Waals surface area contributed by atoms with E-state index >= 15 is 0 Å². The summed E-state index contributed by atoms with van der Waals surface area (Å²) in [6.45, 7) is 3.09. The van der Waals surface area contributed by atoms with Crippen molar-refractivity contribution < 1.29 is 23.0 Å². The molecule has 1 fully saturated rings. The second-order valence-corrected chi connectivity index (χ2v) is 7.94. The maximum Gasteiger partial charge on any atom is 0.522 e. The lowest BCUT2D eigenvalue weighted by Gasteiger charge is -2.35. The van der Waals surface area contributed by atoms with Crippen LogP contribution >= 0.6 is 23.2 Å². The summed E-state index contributed by atoms with van der Waals surface area (Å²) >= 11 is 12.4. The molecule has 31 heavy (non-hydrogen) atoms. The average molecular weight is 481 g/mol. The predicted molar refractivity (Wildman–Crippen MR) is 111 cm³/mol. The van der Waals surface area contributed by atoms with Gasteiger partial charge in [-0.25, -0.2) is 0 Å². The zero-order valence-electron chi connectivity index (χ0n) is 16.5. The highest BCUT2D eigenvalue weighted by molar-refractivity contribution is 6.43. The topological polar surface area (TPSA) is 101 Å². The van der Waals surface area contributed by atoms with E-state index in [-0.39, 0.29) is 12.4 Å². The number of β-amino-alcohol motifs (C(OH)–C–C–N with tert-alkyl or cyclic N) is 1. The Hall–Kier alpha value is -1.92. The quantitative estimate of drug-likeness (QED) is 0.650. The molecule has 170 valence electrons. The Morgan fingerprint density at radius 1 is 1.19 bits per heavy atom. The van der Waals surface area contributed by atoms with Gasteiger partial charge in [-0.2, -0.15) is 4.98 Å². The number of alkyl halides is 3. The summed E-state index contributed by atoms with van der Waals surface area (Å²) in [5.41, 5.74) is 7.84. The van der Waals surface area contributed by atoms with Gasteiger partial charge in [-0.3, -0.25) is 9.64 Å². The van der Waals surface area contributed by atoms with Crippen molar-refractivity contribution >= 4 is 35.0 Å². The zero-order valence-corrected chi connectivity index (χ0v) is 18.0. The van der Waals surface area contributed by atoms with E-state index in [9.17, 15) is 18.3 Å². The smallest absolute Gasteiger partial charge is 0.389 e. The van der Waals surface area contributed by atoms with Crippen LogP contribution in [0.2, 0.25) is 10.0 Å². The van der Waals surface area contributed by atoms with Gasteiger partial charge in [0.25, 0.3) is 0 Å². The lowest BCUT2D eigenvalue weighted by molar-refractivity contribution is -0.330. The highest BCUT2D eigenvalue weighted by Gasteiger charge is 2.31. The molecule has 2 heterocycles. The Bertz CT molecular complexity index is 926. The van der Waals surface area contributed by atoms with Crippen LogP contribution in [0.5, 0.6) is 0 Å². The van der Waals surface area contributed by atoms with E-state index in [0.717, 1.165) is 5.56 Å². The molecule has 1 aromatic heterocycles. The van der Waals surface area contributed by atoms with E-state index < -0.39 is 19.1 Å². The molecule has 0 saturated carbocycles. The molecule has 1 aliphatic rings. The summed E-state index contributed by atoms with van der Waals surface area (Å²) in [4.78, 5) is 8.02. The molecule has 3 N–H and O–H groups in total. The molecule has 1 saturated heterocycles. The molecule has 1 aliphatic heterocycles. The number of rotatable bonds is 6. The first-order valence-electron chi connectivity index (χ1n) is 9.35. The average Bonchev–Trinajstić information content (AvgIpc) is 2.69. The molecule has 13 heteroatoms. The minimum Gasteiger partial charge on any atom is -0.389 e. The SMILES string of the molecule is Cc1cc(Cl)c(Cl)c(-c2nnc(N3CCN(CC(O)COC(F)(F)F)CC3)nc2N)c1. The van der Waals surface area contributed by atoms with Crippen molar-refractivity contribution in [3.63, 3.8) is 0 Å². The molecule has 0 radical (unpaired) electrons. The van der Waals surface area contributed by atoms with Gasteiger partial charge >= 0.3 is 6.36 Å². The molecular formula is C18H21Cl2F3N6O2. The third-order valence-corrected chi connectivity index (χ3v) is 5.50. The van der Waals surface area contributed by atoms with Gasteiger partial charge < -0.3 is 15.7 Å². The Balaban J connectivity index is 1.61. The van der Waals surface area contributed by atoms with Gasteiger partial charge in [-0.15, -0.1) is 23.4 Å². The third-order valence-electron chi connectivity index (χ3n) is 4.69. The van der Waals surface area contributed by atoms with E-state index in [0.29, 0.717) is 53.4 Å². The van der Waals surface area contributed by atoms with Crippen LogP contribution in [0.4, 0.5) is 24.9 Å². The largest absolute Gasteiger partial charge is 0.522 e. The lowest BCUT2D eigenvalue weighted by atomic mass is 10.1. The Morgan fingerprint density at radius 2 is 1.87 bits per heavy atom. The van der Waals surface area contributed by atoms with Gasteiger partial charge in [0.1, 0.15) is 5.69 Å². The van der Waals surface area contributed by atoms with Gasteiger partial charge in [-0.05, 0) is 24.6 Å². The van der Waals surface area contributed by atoms with Crippen molar-refractivity contribution in [2.45, 2.75) is 19.4 Å². The number of halogens is 5. The van der Waals surface area contributed by atoms with E-state index in [1.54, 1.807) is 12.1 Å². The number of aliphatic hydroxyl groups is 1. The van der Waals surface area contributed by atoms with Crippen LogP contribution in [0, 0.1) is 6.92 Å². The van der Waals surface area contributed by atoms with Crippen molar-refractivity contribution in [2.75, 3.05) is 50.0 Å². The molecule has 0 spiro atoms. The Morgan fingerprint density at radius 3 is 2.48 bits per heavy atom. The van der Waals surface area contributed by atoms with Crippen LogP contribution in [0.1, 0.15) is 5.56 Å². The molecule has 0 bridgehead atoms.